The fourth-order valence-electron chi connectivity index (χ4n) is 13.3. The Hall–Kier alpha value is -1.94. The molecule has 0 amide bonds. The van der Waals surface area contributed by atoms with E-state index in [1.807, 2.05) is 0 Å². The molecule has 0 aliphatic heterocycles. The molecular weight excluding hydrogens is 1350 g/mol. The molecule has 104 heavy (non-hydrogen) atoms. The van der Waals surface area contributed by atoms with E-state index in [9.17, 15) is 43.2 Å². The largest absolute Gasteiger partial charge is 0.472 e. The van der Waals surface area contributed by atoms with Crippen molar-refractivity contribution in [3.05, 3.63) is 0 Å². The van der Waals surface area contributed by atoms with Gasteiger partial charge in [-0.1, -0.05) is 407 Å². The van der Waals surface area contributed by atoms with Crippen LogP contribution in [0.2, 0.25) is 0 Å². The molecule has 0 heterocycles. The van der Waals surface area contributed by atoms with Crippen molar-refractivity contribution in [3.8, 4) is 0 Å². The van der Waals surface area contributed by atoms with Crippen LogP contribution >= 0.6 is 15.6 Å². The second-order valence-electron chi connectivity index (χ2n) is 31.1. The van der Waals surface area contributed by atoms with Gasteiger partial charge in [-0.05, 0) is 31.6 Å². The van der Waals surface area contributed by atoms with Gasteiger partial charge in [0.1, 0.15) is 19.3 Å². The Kier molecular flexibility index (Phi) is 76.3. The third-order valence-corrected chi connectivity index (χ3v) is 21.9. The smallest absolute Gasteiger partial charge is 0.462 e. The van der Waals surface area contributed by atoms with E-state index in [4.69, 9.17) is 37.0 Å². The topological polar surface area (TPSA) is 237 Å². The van der Waals surface area contributed by atoms with Gasteiger partial charge in [0.25, 0.3) is 0 Å². The number of ether oxygens (including phenoxy) is 4. The van der Waals surface area contributed by atoms with Crippen LogP contribution < -0.4 is 0 Å². The molecule has 0 aromatic rings. The molecule has 0 fully saturated rings. The van der Waals surface area contributed by atoms with Crippen LogP contribution in [-0.2, 0) is 65.4 Å². The first kappa shape index (κ1) is 102. The van der Waals surface area contributed by atoms with Crippen molar-refractivity contribution in [1.29, 1.82) is 0 Å². The second-order valence-corrected chi connectivity index (χ2v) is 34.0. The van der Waals surface area contributed by atoms with Gasteiger partial charge in [-0.3, -0.25) is 37.3 Å². The number of rotatable bonds is 85. The number of phosphoric acid groups is 2. The summed E-state index contributed by atoms with van der Waals surface area (Å²) >= 11 is 0. The Morgan fingerprint density at radius 3 is 0.654 bits per heavy atom. The van der Waals surface area contributed by atoms with Crippen molar-refractivity contribution in [2.75, 3.05) is 39.6 Å². The maximum Gasteiger partial charge on any atom is 0.472 e. The van der Waals surface area contributed by atoms with Crippen LogP contribution in [0.25, 0.3) is 0 Å². The molecular formula is C85H166O17P2. The summed E-state index contributed by atoms with van der Waals surface area (Å²) in [5.41, 5.74) is 0. The number of unbranched alkanes of at least 4 members (excludes halogenated alkanes) is 57. The molecule has 618 valence electrons. The summed E-state index contributed by atoms with van der Waals surface area (Å²) < 4.78 is 68.9. The molecule has 0 aromatic carbocycles. The number of hydrogen-bond acceptors (Lipinski definition) is 15. The molecule has 0 radical (unpaired) electrons. The van der Waals surface area contributed by atoms with Gasteiger partial charge < -0.3 is 33.8 Å². The lowest BCUT2D eigenvalue weighted by atomic mass is 10.0. The van der Waals surface area contributed by atoms with Gasteiger partial charge in [0, 0.05) is 25.7 Å². The number of carbonyl (C=O) groups is 4. The van der Waals surface area contributed by atoms with E-state index >= 15 is 0 Å². The third-order valence-electron chi connectivity index (χ3n) is 20.0. The maximum atomic E-state index is 13.1. The Morgan fingerprint density at radius 1 is 0.260 bits per heavy atom. The number of aliphatic hydroxyl groups is 1. The SMILES string of the molecule is CCCCCCCCCCCCCCCCCCCCC(=O)OC[C@H](COP(=O)(O)OC[C@@H](O)COP(=O)(O)OC[C@@H](COC(=O)CCCCCCCCCCCCCCC)OC(=O)CCCCCCCCCCCCCCCCC)OC(=O)CCCCCCCCCCCCCCCCCC(C)C. The summed E-state index contributed by atoms with van der Waals surface area (Å²) in [5, 5.41) is 10.7. The highest BCUT2D eigenvalue weighted by Gasteiger charge is 2.30. The van der Waals surface area contributed by atoms with Crippen LogP contribution in [0.1, 0.15) is 458 Å². The van der Waals surface area contributed by atoms with Gasteiger partial charge >= 0.3 is 39.5 Å². The summed E-state index contributed by atoms with van der Waals surface area (Å²) in [5.74, 6) is -1.29. The normalized spacial score (nSPS) is 13.8. The average Bonchev–Trinajstić information content (AvgIpc) is 0.919. The highest BCUT2D eigenvalue weighted by Crippen LogP contribution is 2.45. The predicted octanol–water partition coefficient (Wildman–Crippen LogP) is 26.0. The standard InChI is InChI=1S/C85H166O17P2/c1-6-9-12-15-18-21-24-27-29-30-31-35-39-44-49-54-59-64-69-83(88)96-75-81(102-85(90)71-66-61-56-51-46-41-36-32-34-38-42-47-52-57-62-67-78(4)5)77-100-104(93,94)98-73-79(86)72-97-103(91,92)99-76-80(74-95-82(87)68-63-58-53-48-43-37-26-23-20-17-14-11-8-3)101-84(89)70-65-60-55-50-45-40-33-28-25-22-19-16-13-10-7-2/h78-81,86H,6-77H2,1-5H3,(H,91,92)(H,93,94)/t79-,80+,81+/m0/s1. The van der Waals surface area contributed by atoms with Crippen LogP contribution in [-0.4, -0.2) is 96.7 Å². The van der Waals surface area contributed by atoms with Crippen molar-refractivity contribution < 1.29 is 80.2 Å². The van der Waals surface area contributed by atoms with Crippen molar-refractivity contribution in [2.45, 2.75) is 477 Å². The van der Waals surface area contributed by atoms with E-state index in [1.165, 1.54) is 283 Å². The van der Waals surface area contributed by atoms with Gasteiger partial charge in [-0.15, -0.1) is 0 Å². The predicted molar refractivity (Wildman–Crippen MR) is 428 cm³/mol. The molecule has 2 unspecified atom stereocenters. The minimum absolute atomic E-state index is 0.109. The molecule has 0 bridgehead atoms. The van der Waals surface area contributed by atoms with Gasteiger partial charge in [0.15, 0.2) is 12.2 Å². The van der Waals surface area contributed by atoms with Crippen molar-refractivity contribution >= 4 is 39.5 Å². The van der Waals surface area contributed by atoms with E-state index in [-0.39, 0.29) is 25.7 Å². The van der Waals surface area contributed by atoms with E-state index in [0.717, 1.165) is 95.8 Å². The van der Waals surface area contributed by atoms with Gasteiger partial charge in [-0.2, -0.15) is 0 Å². The molecule has 0 saturated carbocycles. The fourth-order valence-corrected chi connectivity index (χ4v) is 14.9. The molecule has 0 aromatic heterocycles. The summed E-state index contributed by atoms with van der Waals surface area (Å²) in [7, 11) is -9.93. The zero-order chi connectivity index (χ0) is 76.2. The number of phosphoric ester groups is 2. The average molecular weight is 1520 g/mol. The molecule has 0 saturated heterocycles. The number of esters is 4. The number of hydrogen-bond donors (Lipinski definition) is 3. The van der Waals surface area contributed by atoms with Crippen molar-refractivity contribution in [1.82, 2.24) is 0 Å². The van der Waals surface area contributed by atoms with Crippen LogP contribution in [0.4, 0.5) is 0 Å². The number of aliphatic hydroxyl groups excluding tert-OH is 1. The van der Waals surface area contributed by atoms with Crippen molar-refractivity contribution in [2.24, 2.45) is 5.92 Å². The minimum Gasteiger partial charge on any atom is -0.462 e. The summed E-state index contributed by atoms with van der Waals surface area (Å²) in [6.07, 6.45) is 70.6. The van der Waals surface area contributed by atoms with E-state index < -0.39 is 97.5 Å². The highest BCUT2D eigenvalue weighted by molar-refractivity contribution is 7.47. The molecule has 19 heteroatoms. The van der Waals surface area contributed by atoms with Crippen LogP contribution in [0.15, 0.2) is 0 Å². The second kappa shape index (κ2) is 77.8. The van der Waals surface area contributed by atoms with E-state index in [0.29, 0.717) is 25.7 Å². The first-order valence-electron chi connectivity index (χ1n) is 44.1. The molecule has 3 N–H and O–H groups in total. The van der Waals surface area contributed by atoms with E-state index in [2.05, 4.69) is 34.6 Å². The van der Waals surface area contributed by atoms with Gasteiger partial charge in [-0.25, -0.2) is 9.13 Å². The highest BCUT2D eigenvalue weighted by atomic mass is 31.2. The van der Waals surface area contributed by atoms with Crippen LogP contribution in [0.5, 0.6) is 0 Å². The fraction of sp³-hybridized carbons (Fsp3) is 0.953. The molecule has 5 atom stereocenters. The zero-order valence-electron chi connectivity index (χ0n) is 68.2. The monoisotopic (exact) mass is 1520 g/mol. The lowest BCUT2D eigenvalue weighted by molar-refractivity contribution is -0.161. The molecule has 17 nitrogen and oxygen atoms in total. The molecule has 0 rings (SSSR count). The molecule has 0 spiro atoms. The first-order valence-corrected chi connectivity index (χ1v) is 47.1. The lowest BCUT2D eigenvalue weighted by Gasteiger charge is -2.21. The minimum atomic E-state index is -4.96. The van der Waals surface area contributed by atoms with E-state index in [1.54, 1.807) is 0 Å². The maximum absolute atomic E-state index is 13.1. The third kappa shape index (κ3) is 78.2. The van der Waals surface area contributed by atoms with Crippen LogP contribution in [0, 0.1) is 5.92 Å². The molecule has 0 aliphatic rings. The van der Waals surface area contributed by atoms with Crippen LogP contribution in [0.3, 0.4) is 0 Å². The Labute approximate surface area is 638 Å². The Morgan fingerprint density at radius 2 is 0.442 bits per heavy atom. The quantitative estimate of drug-likeness (QED) is 0.0222. The number of carbonyl (C=O) groups excluding carboxylic acids is 4. The Balaban J connectivity index is 5.26. The summed E-state index contributed by atoms with van der Waals surface area (Å²) in [4.78, 5) is 73.2. The summed E-state index contributed by atoms with van der Waals surface area (Å²) in [6.45, 7) is 7.40. The Bertz CT molecular complexity index is 1980. The summed E-state index contributed by atoms with van der Waals surface area (Å²) in [6, 6.07) is 0. The molecule has 0 aliphatic carbocycles. The zero-order valence-corrected chi connectivity index (χ0v) is 70.0. The van der Waals surface area contributed by atoms with Crippen molar-refractivity contribution in [3.63, 3.8) is 0 Å². The lowest BCUT2D eigenvalue weighted by Crippen LogP contribution is -2.30. The van der Waals surface area contributed by atoms with Gasteiger partial charge in [0.05, 0.1) is 26.4 Å². The first-order chi connectivity index (χ1) is 50.5. The van der Waals surface area contributed by atoms with Gasteiger partial charge in [0.2, 0.25) is 0 Å².